The number of aliphatic imine (C=N–C) groups is 1. The molecular formula is C22H27N3O. The minimum absolute atomic E-state index is 0.146. The molecule has 0 unspecified atom stereocenters. The highest BCUT2D eigenvalue weighted by Crippen LogP contribution is 2.63. The Balaban J connectivity index is 1.49. The lowest BCUT2D eigenvalue weighted by Gasteiger charge is -2.56. The Kier molecular flexibility index (Phi) is 3.51. The normalized spacial score (nSPS) is 41.6. The van der Waals surface area contributed by atoms with Gasteiger partial charge in [-0.3, -0.25) is 19.8 Å². The number of ketones is 1. The number of Topliss-reactive ketones (excluding diaryl/α,β-unsaturated/α-hetero) is 1. The van der Waals surface area contributed by atoms with E-state index in [2.05, 4.69) is 29.9 Å². The molecule has 1 aliphatic heterocycles. The molecule has 0 amide bonds. The molecule has 2 fully saturated rings. The van der Waals surface area contributed by atoms with Crippen LogP contribution >= 0.6 is 0 Å². The molecule has 136 valence electrons. The minimum Gasteiger partial charge on any atom is -0.299 e. The van der Waals surface area contributed by atoms with E-state index in [1.54, 1.807) is 12.4 Å². The Morgan fingerprint density at radius 2 is 2.00 bits per heavy atom. The number of carbonyl (C=O) groups excluding carboxylic acids is 1. The maximum Gasteiger partial charge on any atom is 0.138 e. The highest BCUT2D eigenvalue weighted by atomic mass is 16.1. The summed E-state index contributed by atoms with van der Waals surface area (Å²) in [6.07, 6.45) is 13.8. The van der Waals surface area contributed by atoms with Gasteiger partial charge >= 0.3 is 0 Å². The van der Waals surface area contributed by atoms with E-state index >= 15 is 0 Å². The van der Waals surface area contributed by atoms with Gasteiger partial charge in [-0.2, -0.15) is 0 Å². The Morgan fingerprint density at radius 3 is 2.81 bits per heavy atom. The molecule has 0 saturated heterocycles. The zero-order valence-corrected chi connectivity index (χ0v) is 15.7. The van der Waals surface area contributed by atoms with Crippen LogP contribution in [0.25, 0.3) is 5.57 Å². The van der Waals surface area contributed by atoms with Crippen molar-refractivity contribution in [1.82, 2.24) is 9.97 Å². The van der Waals surface area contributed by atoms with Crippen LogP contribution in [0.15, 0.2) is 29.7 Å². The number of rotatable bonds is 1. The van der Waals surface area contributed by atoms with Crippen molar-refractivity contribution in [3.05, 3.63) is 30.4 Å². The van der Waals surface area contributed by atoms with Gasteiger partial charge in [-0.25, -0.2) is 0 Å². The van der Waals surface area contributed by atoms with Crippen LogP contribution in [0.5, 0.6) is 0 Å². The summed E-state index contributed by atoms with van der Waals surface area (Å²) in [6.45, 7) is 5.74. The van der Waals surface area contributed by atoms with Crippen LogP contribution in [0.4, 0.5) is 0 Å². The van der Waals surface area contributed by atoms with Gasteiger partial charge in [0.05, 0.1) is 11.9 Å². The van der Waals surface area contributed by atoms with Gasteiger partial charge in [-0.15, -0.1) is 0 Å². The van der Waals surface area contributed by atoms with Crippen LogP contribution in [-0.4, -0.2) is 28.0 Å². The number of hydrogen-bond donors (Lipinski definition) is 0. The van der Waals surface area contributed by atoms with Crippen molar-refractivity contribution in [2.45, 2.75) is 52.4 Å². The fraction of sp³-hybridized carbons (Fsp3) is 0.636. The molecule has 0 spiro atoms. The van der Waals surface area contributed by atoms with Crippen LogP contribution in [0.1, 0.15) is 58.1 Å². The quantitative estimate of drug-likeness (QED) is 0.766. The fourth-order valence-corrected chi connectivity index (χ4v) is 6.61. The molecule has 4 aliphatic rings. The van der Waals surface area contributed by atoms with E-state index in [4.69, 9.17) is 4.99 Å². The highest BCUT2D eigenvalue weighted by Gasteiger charge is 2.57. The smallest absolute Gasteiger partial charge is 0.138 e. The zero-order valence-electron chi connectivity index (χ0n) is 15.7. The van der Waals surface area contributed by atoms with Gasteiger partial charge < -0.3 is 0 Å². The molecule has 4 nitrogen and oxygen atoms in total. The molecule has 26 heavy (non-hydrogen) atoms. The van der Waals surface area contributed by atoms with Crippen molar-refractivity contribution >= 4 is 17.1 Å². The molecule has 0 aromatic carbocycles. The molecule has 1 aromatic rings. The zero-order chi connectivity index (χ0) is 17.9. The Bertz CT molecular complexity index is 814. The molecule has 0 radical (unpaired) electrons. The topological polar surface area (TPSA) is 55.2 Å². The number of hydrogen-bond acceptors (Lipinski definition) is 4. The number of nitrogens with zero attached hydrogens (tertiary/aromatic N) is 3. The van der Waals surface area contributed by atoms with Crippen molar-refractivity contribution in [3.63, 3.8) is 0 Å². The second kappa shape index (κ2) is 5.58. The van der Waals surface area contributed by atoms with Gasteiger partial charge in [0, 0.05) is 42.9 Å². The summed E-state index contributed by atoms with van der Waals surface area (Å²) in [5.74, 6) is 2.32. The van der Waals surface area contributed by atoms with Crippen molar-refractivity contribution in [2.75, 3.05) is 6.54 Å². The summed E-state index contributed by atoms with van der Waals surface area (Å²) >= 11 is 0. The number of carbonyl (C=O) groups is 1. The molecule has 5 atom stereocenters. The molecule has 2 saturated carbocycles. The third kappa shape index (κ3) is 2.14. The van der Waals surface area contributed by atoms with Gasteiger partial charge in [-0.1, -0.05) is 19.9 Å². The molecule has 3 aliphatic carbocycles. The molecule has 1 aromatic heterocycles. The molecule has 5 rings (SSSR count). The van der Waals surface area contributed by atoms with Crippen molar-refractivity contribution in [3.8, 4) is 0 Å². The van der Waals surface area contributed by atoms with Crippen LogP contribution < -0.4 is 0 Å². The Morgan fingerprint density at radius 1 is 1.12 bits per heavy atom. The molecule has 4 heteroatoms. The maximum atomic E-state index is 12.0. The first-order chi connectivity index (χ1) is 12.5. The number of allylic oxidation sites excluding steroid dienone is 2. The monoisotopic (exact) mass is 349 g/mol. The van der Waals surface area contributed by atoms with Crippen molar-refractivity contribution in [1.29, 1.82) is 0 Å². The average Bonchev–Trinajstić information content (AvgIpc) is 3.00. The number of aromatic nitrogens is 2. The van der Waals surface area contributed by atoms with Crippen molar-refractivity contribution < 1.29 is 4.79 Å². The standard InChI is InChI=1S/C22H27N3O/c1-21-8-6-17-15(12-25-20-11-14(26)5-7-22(17,20)2)16(21)3-4-18(21)19-13-23-9-10-24-19/h4,9-10,13,15-17H,3,5-8,11-12H2,1-2H3/t15-,16-,17-,21-,22+/m0/s1. The van der Waals surface area contributed by atoms with E-state index in [-0.39, 0.29) is 10.8 Å². The lowest BCUT2D eigenvalue weighted by Crippen LogP contribution is -2.54. The highest BCUT2D eigenvalue weighted by molar-refractivity contribution is 6.07. The summed E-state index contributed by atoms with van der Waals surface area (Å²) in [5, 5.41) is 0. The third-order valence-corrected chi connectivity index (χ3v) is 8.12. The molecule has 2 heterocycles. The lowest BCUT2D eigenvalue weighted by atomic mass is 9.49. The van der Waals surface area contributed by atoms with Gasteiger partial charge in [-0.05, 0) is 54.4 Å². The molecule has 0 N–H and O–H groups in total. The summed E-state index contributed by atoms with van der Waals surface area (Å²) in [7, 11) is 0. The lowest BCUT2D eigenvalue weighted by molar-refractivity contribution is -0.120. The summed E-state index contributed by atoms with van der Waals surface area (Å²) in [5.41, 5.74) is 3.98. The SMILES string of the molecule is C[C@]12CCC(=O)CC1=NC[C@@H]1[C@@H]2CC[C@]2(C)C(c3cnccn3)=CC[C@@H]12. The van der Waals surface area contributed by atoms with Gasteiger partial charge in [0.1, 0.15) is 5.78 Å². The fourth-order valence-electron chi connectivity index (χ4n) is 6.61. The largest absolute Gasteiger partial charge is 0.299 e. The van der Waals surface area contributed by atoms with E-state index < -0.39 is 0 Å². The summed E-state index contributed by atoms with van der Waals surface area (Å²) in [4.78, 5) is 25.8. The Labute approximate surface area is 155 Å². The van der Waals surface area contributed by atoms with Gasteiger partial charge in [0.25, 0.3) is 0 Å². The van der Waals surface area contributed by atoms with E-state index in [9.17, 15) is 4.79 Å². The maximum absolute atomic E-state index is 12.0. The number of fused-ring (bicyclic) bond motifs is 5. The van der Waals surface area contributed by atoms with Crippen LogP contribution in [0.2, 0.25) is 0 Å². The van der Waals surface area contributed by atoms with Gasteiger partial charge in [0.15, 0.2) is 0 Å². The molecular weight excluding hydrogens is 322 g/mol. The Hall–Kier alpha value is -1.84. The second-order valence-electron chi connectivity index (χ2n) is 9.20. The molecule has 0 bridgehead atoms. The third-order valence-electron chi connectivity index (χ3n) is 8.12. The summed E-state index contributed by atoms with van der Waals surface area (Å²) < 4.78 is 0. The first-order valence-corrected chi connectivity index (χ1v) is 10.0. The van der Waals surface area contributed by atoms with E-state index in [0.717, 1.165) is 31.5 Å². The average molecular weight is 349 g/mol. The first-order valence-electron chi connectivity index (χ1n) is 10.0. The van der Waals surface area contributed by atoms with Crippen LogP contribution in [-0.2, 0) is 4.79 Å². The first kappa shape index (κ1) is 16.3. The van der Waals surface area contributed by atoms with Crippen LogP contribution in [0, 0.1) is 28.6 Å². The minimum atomic E-state index is 0.146. The summed E-state index contributed by atoms with van der Waals surface area (Å²) in [6, 6.07) is 0. The van der Waals surface area contributed by atoms with Crippen molar-refractivity contribution in [2.24, 2.45) is 33.6 Å². The van der Waals surface area contributed by atoms with Crippen LogP contribution in [0.3, 0.4) is 0 Å². The second-order valence-corrected chi connectivity index (χ2v) is 9.20. The van der Waals surface area contributed by atoms with E-state index in [1.807, 2.05) is 6.20 Å². The van der Waals surface area contributed by atoms with E-state index in [0.29, 0.717) is 30.0 Å². The predicted molar refractivity (Wildman–Crippen MR) is 102 cm³/mol. The van der Waals surface area contributed by atoms with E-state index in [1.165, 1.54) is 24.1 Å². The van der Waals surface area contributed by atoms with Gasteiger partial charge in [0.2, 0.25) is 0 Å². The predicted octanol–water partition coefficient (Wildman–Crippen LogP) is 4.13.